The van der Waals surface area contributed by atoms with Gasteiger partial charge in [-0.3, -0.25) is 0 Å². The first-order chi connectivity index (χ1) is 14.1. The number of nitrogens with one attached hydrogen (secondary N) is 1. The molecule has 1 unspecified atom stereocenters. The summed E-state index contributed by atoms with van der Waals surface area (Å²) in [5, 5.41) is 3.07. The number of ether oxygens (including phenoxy) is 1. The van der Waals surface area contributed by atoms with Crippen molar-refractivity contribution in [1.82, 2.24) is 4.98 Å². The first kappa shape index (κ1) is 22.7. The summed E-state index contributed by atoms with van der Waals surface area (Å²) in [4.78, 5) is 4.46. The summed E-state index contributed by atoms with van der Waals surface area (Å²) in [7, 11) is 1.89. The predicted octanol–water partition coefficient (Wildman–Crippen LogP) is 7.14. The van der Waals surface area contributed by atoms with Crippen LogP contribution in [0.4, 0.5) is 5.82 Å². The Hall–Kier alpha value is -2.55. The predicted molar refractivity (Wildman–Crippen MR) is 126 cm³/mol. The molecule has 0 aliphatic heterocycles. The average molecular weight is 393 g/mol. The van der Waals surface area contributed by atoms with E-state index in [1.165, 1.54) is 29.5 Å². The second-order valence-corrected chi connectivity index (χ2v) is 7.69. The first-order valence-corrected chi connectivity index (χ1v) is 10.8. The molecule has 0 aliphatic carbocycles. The number of pyridine rings is 1. The number of rotatable bonds is 11. The maximum Gasteiger partial charge on any atom is 0.125 e. The third-order valence-corrected chi connectivity index (χ3v) is 5.02. The number of hydrogen-bond acceptors (Lipinski definition) is 3. The van der Waals surface area contributed by atoms with Crippen molar-refractivity contribution in [2.45, 2.75) is 53.4 Å². The van der Waals surface area contributed by atoms with E-state index in [9.17, 15) is 0 Å². The Labute approximate surface area is 176 Å². The molecule has 0 amide bonds. The molecule has 1 heterocycles. The van der Waals surface area contributed by atoms with Crippen molar-refractivity contribution in [3.63, 3.8) is 0 Å². The smallest absolute Gasteiger partial charge is 0.125 e. The van der Waals surface area contributed by atoms with Crippen molar-refractivity contribution in [3.05, 3.63) is 65.4 Å². The lowest BCUT2D eigenvalue weighted by molar-refractivity contribution is 0.251. The van der Waals surface area contributed by atoms with Gasteiger partial charge >= 0.3 is 0 Å². The Morgan fingerprint density at radius 2 is 2.00 bits per heavy atom. The highest BCUT2D eigenvalue weighted by molar-refractivity contribution is 5.79. The highest BCUT2D eigenvalue weighted by Gasteiger charge is 2.05. The van der Waals surface area contributed by atoms with Crippen LogP contribution in [0.2, 0.25) is 0 Å². The highest BCUT2D eigenvalue weighted by atomic mass is 16.5. The van der Waals surface area contributed by atoms with Gasteiger partial charge in [0, 0.05) is 13.2 Å². The number of allylic oxidation sites excluding steroid dienone is 3. The fraction of sp³-hybridized carbons (Fsp3) is 0.423. The zero-order valence-corrected chi connectivity index (χ0v) is 18.7. The summed E-state index contributed by atoms with van der Waals surface area (Å²) < 4.78 is 6.03. The van der Waals surface area contributed by atoms with Crippen LogP contribution in [0, 0.1) is 12.8 Å². The standard InChI is InChI=1S/C26H36N2O/c1-6-8-10-22(24-14-16-26(27-5)28-18-24)12-13-23-17-25(15-11-21(23)4)29-19-20(3)9-7-2/h10-18,20H,6-9,19H2,1-5H3,(H,27,28)/b13-12-,22-10-. The SMILES string of the molecule is CCC/C=C(/C=C\c1cc(OCC(C)CCC)ccc1C)c1ccc(NC)nc1. The zero-order chi connectivity index (χ0) is 21.1. The Morgan fingerprint density at radius 3 is 2.66 bits per heavy atom. The van der Waals surface area contributed by atoms with Crippen molar-refractivity contribution >= 4 is 17.5 Å². The first-order valence-electron chi connectivity index (χ1n) is 10.8. The summed E-state index contributed by atoms with van der Waals surface area (Å²) in [6.45, 7) is 9.57. The quantitative estimate of drug-likeness (QED) is 0.412. The average Bonchev–Trinajstić information content (AvgIpc) is 2.74. The van der Waals surface area contributed by atoms with Gasteiger partial charge < -0.3 is 10.1 Å². The van der Waals surface area contributed by atoms with E-state index in [-0.39, 0.29) is 0 Å². The van der Waals surface area contributed by atoms with Crippen LogP contribution in [0.15, 0.2) is 48.7 Å². The van der Waals surface area contributed by atoms with Gasteiger partial charge in [-0.1, -0.05) is 57.9 Å². The molecule has 156 valence electrons. The lowest BCUT2D eigenvalue weighted by atomic mass is 10.0. The van der Waals surface area contributed by atoms with Crippen LogP contribution in [-0.2, 0) is 0 Å². The second kappa shape index (κ2) is 12.1. The fourth-order valence-electron chi connectivity index (χ4n) is 3.18. The maximum absolute atomic E-state index is 6.03. The van der Waals surface area contributed by atoms with Gasteiger partial charge in [0.05, 0.1) is 6.61 Å². The summed E-state index contributed by atoms with van der Waals surface area (Å²) in [5.74, 6) is 2.40. The van der Waals surface area contributed by atoms with Crippen molar-refractivity contribution in [2.24, 2.45) is 5.92 Å². The molecule has 2 aromatic rings. The van der Waals surface area contributed by atoms with Gasteiger partial charge in [0.1, 0.15) is 11.6 Å². The van der Waals surface area contributed by atoms with Crippen LogP contribution < -0.4 is 10.1 Å². The van der Waals surface area contributed by atoms with E-state index in [1.54, 1.807) is 0 Å². The largest absolute Gasteiger partial charge is 0.493 e. The molecular weight excluding hydrogens is 356 g/mol. The third-order valence-electron chi connectivity index (χ3n) is 5.02. The van der Waals surface area contributed by atoms with E-state index in [0.717, 1.165) is 36.6 Å². The van der Waals surface area contributed by atoms with Crippen LogP contribution in [0.25, 0.3) is 11.6 Å². The van der Waals surface area contributed by atoms with Crippen LogP contribution in [0.5, 0.6) is 5.75 Å². The number of anilines is 1. The number of aromatic nitrogens is 1. The summed E-state index contributed by atoms with van der Waals surface area (Å²) in [5.41, 5.74) is 4.76. The molecule has 2 rings (SSSR count). The number of aryl methyl sites for hydroxylation is 1. The fourth-order valence-corrected chi connectivity index (χ4v) is 3.18. The molecule has 1 aromatic heterocycles. The van der Waals surface area contributed by atoms with Gasteiger partial charge in [-0.2, -0.15) is 0 Å². The molecule has 29 heavy (non-hydrogen) atoms. The van der Waals surface area contributed by atoms with E-state index < -0.39 is 0 Å². The minimum atomic E-state index is 0.581. The molecule has 0 spiro atoms. The summed E-state index contributed by atoms with van der Waals surface area (Å²) >= 11 is 0. The minimum absolute atomic E-state index is 0.581. The third kappa shape index (κ3) is 7.41. The number of nitrogens with zero attached hydrogens (tertiary/aromatic N) is 1. The Balaban J connectivity index is 2.19. The minimum Gasteiger partial charge on any atom is -0.493 e. The number of benzene rings is 1. The van der Waals surface area contributed by atoms with Gasteiger partial charge in [0.25, 0.3) is 0 Å². The molecule has 3 nitrogen and oxygen atoms in total. The van der Waals surface area contributed by atoms with Crippen molar-refractivity contribution in [3.8, 4) is 5.75 Å². The molecule has 3 heteroatoms. The van der Waals surface area contributed by atoms with Crippen molar-refractivity contribution in [2.75, 3.05) is 19.0 Å². The van der Waals surface area contributed by atoms with Crippen LogP contribution >= 0.6 is 0 Å². The van der Waals surface area contributed by atoms with Gasteiger partial charge in [-0.05, 0) is 72.2 Å². The molecular formula is C26H36N2O. The molecule has 0 radical (unpaired) electrons. The Kier molecular flexibility index (Phi) is 9.49. The molecule has 0 saturated carbocycles. The van der Waals surface area contributed by atoms with Crippen molar-refractivity contribution in [1.29, 1.82) is 0 Å². The van der Waals surface area contributed by atoms with Gasteiger partial charge in [-0.25, -0.2) is 4.98 Å². The lowest BCUT2D eigenvalue weighted by Crippen LogP contribution is -2.08. The van der Waals surface area contributed by atoms with E-state index in [0.29, 0.717) is 5.92 Å². The van der Waals surface area contributed by atoms with E-state index in [1.807, 2.05) is 19.3 Å². The topological polar surface area (TPSA) is 34.1 Å². The second-order valence-electron chi connectivity index (χ2n) is 7.69. The molecule has 1 atom stereocenters. The van der Waals surface area contributed by atoms with Gasteiger partial charge in [0.2, 0.25) is 0 Å². The summed E-state index contributed by atoms with van der Waals surface area (Å²) in [6, 6.07) is 10.5. The normalized spacial score (nSPS) is 12.9. The van der Waals surface area contributed by atoms with Crippen molar-refractivity contribution < 1.29 is 4.74 Å². The van der Waals surface area contributed by atoms with Crippen LogP contribution in [0.3, 0.4) is 0 Å². The Morgan fingerprint density at radius 1 is 1.17 bits per heavy atom. The van der Waals surface area contributed by atoms with Gasteiger partial charge in [0.15, 0.2) is 0 Å². The molecule has 1 N–H and O–H groups in total. The summed E-state index contributed by atoms with van der Waals surface area (Å²) in [6.07, 6.45) is 13.2. The van der Waals surface area contributed by atoms with Crippen LogP contribution in [0.1, 0.15) is 63.1 Å². The molecule has 1 aromatic carbocycles. The lowest BCUT2D eigenvalue weighted by Gasteiger charge is -2.13. The highest BCUT2D eigenvalue weighted by Crippen LogP contribution is 2.23. The van der Waals surface area contributed by atoms with Crippen LogP contribution in [-0.4, -0.2) is 18.6 Å². The molecule has 0 aliphatic rings. The maximum atomic E-state index is 6.03. The van der Waals surface area contributed by atoms with E-state index >= 15 is 0 Å². The monoisotopic (exact) mass is 392 g/mol. The van der Waals surface area contributed by atoms with E-state index in [2.05, 4.69) is 80.5 Å². The van der Waals surface area contributed by atoms with E-state index in [4.69, 9.17) is 4.74 Å². The zero-order valence-electron chi connectivity index (χ0n) is 18.7. The molecule has 0 bridgehead atoms. The number of hydrogen-bond donors (Lipinski definition) is 1. The Bertz CT molecular complexity index is 806. The molecule has 0 fully saturated rings. The van der Waals surface area contributed by atoms with Gasteiger partial charge in [-0.15, -0.1) is 0 Å². The molecule has 0 saturated heterocycles. The number of unbranched alkanes of at least 4 members (excludes halogenated alkanes) is 1.